The quantitative estimate of drug-likeness (QED) is 0.447. The SMILES string of the molecule is COc1cc(CCC(C)(C)N2Cc3cccc(C(=O)N4CCN(C(=O)Oc5ccccc5)CC4)c3C2)ccc1O. The summed E-state index contributed by atoms with van der Waals surface area (Å²) < 4.78 is 10.7. The molecule has 2 aliphatic heterocycles. The van der Waals surface area contributed by atoms with Gasteiger partial charge in [-0.1, -0.05) is 36.4 Å². The summed E-state index contributed by atoms with van der Waals surface area (Å²) in [4.78, 5) is 32.1. The highest BCUT2D eigenvalue weighted by Gasteiger charge is 2.35. The highest BCUT2D eigenvalue weighted by molar-refractivity contribution is 5.96. The van der Waals surface area contributed by atoms with Crippen LogP contribution in [0, 0.1) is 0 Å². The first-order valence-electron chi connectivity index (χ1n) is 13.8. The van der Waals surface area contributed by atoms with Gasteiger partial charge < -0.3 is 24.4 Å². The van der Waals surface area contributed by atoms with Gasteiger partial charge in [0.15, 0.2) is 11.5 Å². The van der Waals surface area contributed by atoms with Crippen molar-refractivity contribution in [1.29, 1.82) is 0 Å². The summed E-state index contributed by atoms with van der Waals surface area (Å²) in [5.41, 5.74) is 4.05. The van der Waals surface area contributed by atoms with Gasteiger partial charge in [0.25, 0.3) is 5.91 Å². The van der Waals surface area contributed by atoms with Gasteiger partial charge in [-0.2, -0.15) is 0 Å². The molecule has 2 amide bonds. The Morgan fingerprint density at radius 2 is 1.62 bits per heavy atom. The number of carbonyl (C=O) groups excluding carboxylic acids is 2. The van der Waals surface area contributed by atoms with E-state index in [0.717, 1.165) is 36.1 Å². The molecule has 1 fully saturated rings. The number of hydrogen-bond acceptors (Lipinski definition) is 6. The van der Waals surface area contributed by atoms with Crippen molar-refractivity contribution < 1.29 is 24.2 Å². The van der Waals surface area contributed by atoms with Crippen molar-refractivity contribution in [3.05, 3.63) is 89.0 Å². The summed E-state index contributed by atoms with van der Waals surface area (Å²) in [6, 6.07) is 20.5. The Kier molecular flexibility index (Phi) is 7.98. The number of benzene rings is 3. The number of carbonyl (C=O) groups is 2. The Balaban J connectivity index is 1.19. The van der Waals surface area contributed by atoms with E-state index in [1.165, 1.54) is 5.56 Å². The Morgan fingerprint density at radius 1 is 0.900 bits per heavy atom. The highest BCUT2D eigenvalue weighted by atomic mass is 16.6. The molecule has 3 aromatic carbocycles. The van der Waals surface area contributed by atoms with Crippen LogP contribution >= 0.6 is 0 Å². The smallest absolute Gasteiger partial charge is 0.415 e. The maximum Gasteiger partial charge on any atom is 0.415 e. The number of rotatable bonds is 7. The molecular weight excluding hydrogens is 506 g/mol. The molecule has 40 heavy (non-hydrogen) atoms. The van der Waals surface area contributed by atoms with Crippen LogP contribution in [-0.4, -0.2) is 70.6 Å². The molecule has 0 saturated carbocycles. The second-order valence-electron chi connectivity index (χ2n) is 11.1. The Hall–Kier alpha value is -4.04. The first kappa shape index (κ1) is 27.5. The van der Waals surface area contributed by atoms with E-state index in [-0.39, 0.29) is 23.3 Å². The van der Waals surface area contributed by atoms with Crippen molar-refractivity contribution in [2.75, 3.05) is 33.3 Å². The first-order chi connectivity index (χ1) is 19.2. The van der Waals surface area contributed by atoms with Crippen LogP contribution in [0.25, 0.3) is 0 Å². The van der Waals surface area contributed by atoms with Crippen molar-refractivity contribution in [3.8, 4) is 17.2 Å². The fraction of sp³-hybridized carbons (Fsp3) is 0.375. The topological polar surface area (TPSA) is 82.6 Å². The lowest BCUT2D eigenvalue weighted by molar-refractivity contribution is 0.0630. The number of aryl methyl sites for hydroxylation is 1. The number of phenols is 1. The van der Waals surface area contributed by atoms with Crippen LogP contribution in [0.3, 0.4) is 0 Å². The summed E-state index contributed by atoms with van der Waals surface area (Å²) in [6.45, 7) is 7.81. The summed E-state index contributed by atoms with van der Waals surface area (Å²) in [5, 5.41) is 9.91. The zero-order valence-electron chi connectivity index (χ0n) is 23.4. The molecule has 1 saturated heterocycles. The van der Waals surface area contributed by atoms with Crippen molar-refractivity contribution in [1.82, 2.24) is 14.7 Å². The van der Waals surface area contributed by atoms with Crippen molar-refractivity contribution in [2.45, 2.75) is 45.3 Å². The molecule has 0 spiro atoms. The molecule has 0 radical (unpaired) electrons. The van der Waals surface area contributed by atoms with Gasteiger partial charge in [-0.05, 0) is 73.7 Å². The van der Waals surface area contributed by atoms with Crippen molar-refractivity contribution in [2.24, 2.45) is 0 Å². The first-order valence-corrected chi connectivity index (χ1v) is 13.8. The van der Waals surface area contributed by atoms with Gasteiger partial charge >= 0.3 is 6.09 Å². The summed E-state index contributed by atoms with van der Waals surface area (Å²) >= 11 is 0. The van der Waals surface area contributed by atoms with Crippen LogP contribution in [0.4, 0.5) is 4.79 Å². The summed E-state index contributed by atoms with van der Waals surface area (Å²) in [6.07, 6.45) is 1.38. The van der Waals surface area contributed by atoms with E-state index < -0.39 is 0 Å². The minimum atomic E-state index is -0.387. The fourth-order valence-electron chi connectivity index (χ4n) is 5.45. The second kappa shape index (κ2) is 11.6. The molecule has 1 N–H and O–H groups in total. The molecule has 0 aromatic heterocycles. The van der Waals surface area contributed by atoms with Crippen LogP contribution in [0.1, 0.15) is 47.3 Å². The predicted octanol–water partition coefficient (Wildman–Crippen LogP) is 5.08. The summed E-state index contributed by atoms with van der Waals surface area (Å²) in [5.74, 6) is 1.16. The van der Waals surface area contributed by atoms with Crippen molar-refractivity contribution in [3.63, 3.8) is 0 Å². The number of ether oxygens (including phenoxy) is 2. The second-order valence-corrected chi connectivity index (χ2v) is 11.1. The third-order valence-electron chi connectivity index (χ3n) is 8.11. The number of fused-ring (bicyclic) bond motifs is 1. The largest absolute Gasteiger partial charge is 0.504 e. The maximum atomic E-state index is 13.6. The van der Waals surface area contributed by atoms with E-state index >= 15 is 0 Å². The van der Waals surface area contributed by atoms with E-state index in [4.69, 9.17) is 9.47 Å². The number of piperazine rings is 1. The molecular formula is C32H37N3O5. The lowest BCUT2D eigenvalue weighted by atomic mass is 9.93. The van der Waals surface area contributed by atoms with E-state index in [1.54, 1.807) is 30.2 Å². The van der Waals surface area contributed by atoms with Gasteiger partial charge in [0.05, 0.1) is 7.11 Å². The minimum Gasteiger partial charge on any atom is -0.504 e. The molecule has 0 aliphatic carbocycles. The number of nitrogens with zero attached hydrogens (tertiary/aromatic N) is 3. The van der Waals surface area contributed by atoms with E-state index in [2.05, 4.69) is 24.8 Å². The average molecular weight is 544 g/mol. The predicted molar refractivity (Wildman–Crippen MR) is 153 cm³/mol. The molecule has 2 heterocycles. The lowest BCUT2D eigenvalue weighted by Gasteiger charge is -2.36. The number of methoxy groups -OCH3 is 1. The van der Waals surface area contributed by atoms with Crippen molar-refractivity contribution >= 4 is 12.0 Å². The third-order valence-corrected chi connectivity index (χ3v) is 8.11. The Labute approximate surface area is 235 Å². The standard InChI is InChI=1S/C32H37N3O5/c1-32(2,15-14-23-12-13-28(36)29(20-23)39-3)35-21-24-8-7-11-26(27(24)22-35)30(37)33-16-18-34(19-17-33)31(38)40-25-9-5-4-6-10-25/h4-13,20,36H,14-19,21-22H2,1-3H3. The maximum absolute atomic E-state index is 13.6. The van der Waals surface area contributed by atoms with Crippen LogP contribution in [0.15, 0.2) is 66.7 Å². The molecule has 0 unspecified atom stereocenters. The monoisotopic (exact) mass is 543 g/mol. The molecule has 210 valence electrons. The molecule has 5 rings (SSSR count). The molecule has 8 heteroatoms. The van der Waals surface area contributed by atoms with Gasteiger partial charge in [0.1, 0.15) is 5.75 Å². The van der Waals surface area contributed by atoms with E-state index in [0.29, 0.717) is 44.2 Å². The lowest BCUT2D eigenvalue weighted by Crippen LogP contribution is -2.51. The van der Waals surface area contributed by atoms with Crippen LogP contribution in [-0.2, 0) is 19.5 Å². The Morgan fingerprint density at radius 3 is 2.35 bits per heavy atom. The number of phenolic OH excluding ortho intramolecular Hbond substituents is 1. The number of hydrogen-bond donors (Lipinski definition) is 1. The fourth-order valence-corrected chi connectivity index (χ4v) is 5.45. The van der Waals surface area contributed by atoms with Gasteiger partial charge in [0.2, 0.25) is 0 Å². The molecule has 8 nitrogen and oxygen atoms in total. The zero-order valence-corrected chi connectivity index (χ0v) is 23.4. The van der Waals surface area contributed by atoms with E-state index in [9.17, 15) is 14.7 Å². The van der Waals surface area contributed by atoms with Gasteiger partial charge in [-0.3, -0.25) is 9.69 Å². The molecule has 0 bridgehead atoms. The van der Waals surface area contributed by atoms with Gasteiger partial charge in [-0.15, -0.1) is 0 Å². The van der Waals surface area contributed by atoms with E-state index in [1.807, 2.05) is 47.4 Å². The number of amides is 2. The average Bonchev–Trinajstić information content (AvgIpc) is 3.43. The number of aromatic hydroxyl groups is 1. The minimum absolute atomic E-state index is 0.0174. The zero-order chi connectivity index (χ0) is 28.3. The van der Waals surface area contributed by atoms with Gasteiger partial charge in [0, 0.05) is 50.4 Å². The van der Waals surface area contributed by atoms with Crippen LogP contribution < -0.4 is 9.47 Å². The molecule has 2 aliphatic rings. The highest BCUT2D eigenvalue weighted by Crippen LogP contribution is 2.35. The van der Waals surface area contributed by atoms with Crippen LogP contribution in [0.5, 0.6) is 17.2 Å². The van der Waals surface area contributed by atoms with Crippen LogP contribution in [0.2, 0.25) is 0 Å². The normalized spacial score (nSPS) is 15.6. The molecule has 0 atom stereocenters. The Bertz CT molecular complexity index is 1370. The van der Waals surface area contributed by atoms with Gasteiger partial charge in [-0.25, -0.2) is 4.79 Å². The number of para-hydroxylation sites is 1. The molecule has 3 aromatic rings. The third kappa shape index (κ3) is 5.92. The summed E-state index contributed by atoms with van der Waals surface area (Å²) in [7, 11) is 1.56.